The first-order valence-corrected chi connectivity index (χ1v) is 6.55. The van der Waals surface area contributed by atoms with Gasteiger partial charge in [-0.05, 0) is 49.4 Å². The number of amides is 1. The maximum Gasteiger partial charge on any atom is 0.254 e. The lowest BCUT2D eigenvalue weighted by molar-refractivity contribution is 0.0939. The molecule has 1 aromatic carbocycles. The number of hydrogen-bond donors (Lipinski definition) is 2. The van der Waals surface area contributed by atoms with Crippen LogP contribution in [0, 0.1) is 23.5 Å². The largest absolute Gasteiger partial charge is 0.352 e. The smallest absolute Gasteiger partial charge is 0.254 e. The van der Waals surface area contributed by atoms with Crippen LogP contribution in [0.15, 0.2) is 18.2 Å². The van der Waals surface area contributed by atoms with Crippen molar-refractivity contribution in [1.82, 2.24) is 5.32 Å². The predicted molar refractivity (Wildman–Crippen MR) is 68.6 cm³/mol. The van der Waals surface area contributed by atoms with E-state index in [0.717, 1.165) is 37.5 Å². The summed E-state index contributed by atoms with van der Waals surface area (Å²) in [7, 11) is 0. The van der Waals surface area contributed by atoms with Crippen LogP contribution >= 0.6 is 0 Å². The minimum Gasteiger partial charge on any atom is -0.352 e. The topological polar surface area (TPSA) is 55.1 Å². The summed E-state index contributed by atoms with van der Waals surface area (Å²) in [4.78, 5) is 11.8. The number of carbonyl (C=O) groups is 1. The number of halogens is 2. The molecule has 0 bridgehead atoms. The highest BCUT2D eigenvalue weighted by molar-refractivity contribution is 5.94. The molecular formula is C14H18F2N2O. The molecule has 2 unspecified atom stereocenters. The Labute approximate surface area is 111 Å². The van der Waals surface area contributed by atoms with Gasteiger partial charge in [0.25, 0.3) is 5.91 Å². The fourth-order valence-corrected chi connectivity index (χ4v) is 2.68. The zero-order valence-corrected chi connectivity index (χ0v) is 10.7. The van der Waals surface area contributed by atoms with Crippen LogP contribution in [0.3, 0.4) is 0 Å². The van der Waals surface area contributed by atoms with E-state index >= 15 is 0 Å². The molecule has 1 aliphatic rings. The molecule has 0 aliphatic heterocycles. The highest BCUT2D eigenvalue weighted by Crippen LogP contribution is 2.30. The molecule has 5 heteroatoms. The first kappa shape index (κ1) is 13.9. The molecule has 1 fully saturated rings. The minimum absolute atomic E-state index is 0.248. The lowest BCUT2D eigenvalue weighted by Gasteiger charge is -2.18. The van der Waals surface area contributed by atoms with E-state index in [1.165, 1.54) is 0 Å². The first-order valence-electron chi connectivity index (χ1n) is 6.55. The maximum absolute atomic E-state index is 13.4. The van der Waals surface area contributed by atoms with Crippen molar-refractivity contribution in [3.8, 4) is 0 Å². The zero-order valence-electron chi connectivity index (χ0n) is 10.7. The lowest BCUT2D eigenvalue weighted by atomic mass is 9.96. The van der Waals surface area contributed by atoms with Crippen molar-refractivity contribution < 1.29 is 13.6 Å². The maximum atomic E-state index is 13.4. The molecule has 0 radical (unpaired) electrons. The standard InChI is InChI=1S/C14H18F2N2O/c15-11-4-5-13(16)12(6-11)14(19)18-8-10-3-1-2-9(10)7-17/h4-6,9-10H,1-3,7-8,17H2,(H,18,19). The van der Waals surface area contributed by atoms with Crippen molar-refractivity contribution in [3.05, 3.63) is 35.4 Å². The Hall–Kier alpha value is -1.49. The van der Waals surface area contributed by atoms with Gasteiger partial charge in [-0.3, -0.25) is 4.79 Å². The van der Waals surface area contributed by atoms with Crippen molar-refractivity contribution in [3.63, 3.8) is 0 Å². The third-order valence-corrected chi connectivity index (χ3v) is 3.82. The summed E-state index contributed by atoms with van der Waals surface area (Å²) in [6.07, 6.45) is 3.20. The molecule has 3 nitrogen and oxygen atoms in total. The highest BCUT2D eigenvalue weighted by atomic mass is 19.1. The van der Waals surface area contributed by atoms with Gasteiger partial charge >= 0.3 is 0 Å². The Balaban J connectivity index is 1.96. The van der Waals surface area contributed by atoms with Crippen molar-refractivity contribution in [2.75, 3.05) is 13.1 Å². The van der Waals surface area contributed by atoms with Crippen LogP contribution in [0.5, 0.6) is 0 Å². The molecule has 0 spiro atoms. The zero-order chi connectivity index (χ0) is 13.8. The SMILES string of the molecule is NCC1CCCC1CNC(=O)c1cc(F)ccc1F. The summed E-state index contributed by atoms with van der Waals surface area (Å²) < 4.78 is 26.4. The van der Waals surface area contributed by atoms with Gasteiger partial charge in [0.15, 0.2) is 0 Å². The molecule has 0 aromatic heterocycles. The van der Waals surface area contributed by atoms with E-state index in [4.69, 9.17) is 5.73 Å². The van der Waals surface area contributed by atoms with Crippen molar-refractivity contribution in [2.24, 2.45) is 17.6 Å². The molecule has 1 aliphatic carbocycles. The Morgan fingerprint density at radius 3 is 2.79 bits per heavy atom. The van der Waals surface area contributed by atoms with Crippen LogP contribution < -0.4 is 11.1 Å². The summed E-state index contributed by atoms with van der Waals surface area (Å²) >= 11 is 0. The van der Waals surface area contributed by atoms with Gasteiger partial charge in [0, 0.05) is 6.54 Å². The van der Waals surface area contributed by atoms with Gasteiger partial charge in [-0.1, -0.05) is 6.42 Å². The number of hydrogen-bond acceptors (Lipinski definition) is 2. The van der Waals surface area contributed by atoms with Gasteiger partial charge in [-0.25, -0.2) is 8.78 Å². The Kier molecular flexibility index (Phi) is 4.47. The van der Waals surface area contributed by atoms with Crippen LogP contribution in [0.25, 0.3) is 0 Å². The molecule has 2 atom stereocenters. The lowest BCUT2D eigenvalue weighted by Crippen LogP contribution is -2.33. The fraction of sp³-hybridized carbons (Fsp3) is 0.500. The van der Waals surface area contributed by atoms with E-state index in [0.29, 0.717) is 24.9 Å². The van der Waals surface area contributed by atoms with Crippen LogP contribution in [0.2, 0.25) is 0 Å². The average Bonchev–Trinajstić information content (AvgIpc) is 2.86. The van der Waals surface area contributed by atoms with E-state index in [1.807, 2.05) is 0 Å². The van der Waals surface area contributed by atoms with Gasteiger partial charge in [0.2, 0.25) is 0 Å². The summed E-state index contributed by atoms with van der Waals surface area (Å²) in [5.41, 5.74) is 5.42. The molecule has 104 valence electrons. The van der Waals surface area contributed by atoms with E-state index in [2.05, 4.69) is 5.32 Å². The normalized spacial score (nSPS) is 22.5. The second-order valence-electron chi connectivity index (χ2n) is 5.02. The Morgan fingerprint density at radius 2 is 2.05 bits per heavy atom. The Morgan fingerprint density at radius 1 is 1.32 bits per heavy atom. The molecule has 19 heavy (non-hydrogen) atoms. The van der Waals surface area contributed by atoms with E-state index in [1.54, 1.807) is 0 Å². The number of carbonyl (C=O) groups excluding carboxylic acids is 1. The van der Waals surface area contributed by atoms with Crippen molar-refractivity contribution >= 4 is 5.91 Å². The van der Waals surface area contributed by atoms with Crippen LogP contribution in [0.4, 0.5) is 8.78 Å². The van der Waals surface area contributed by atoms with Crippen LogP contribution in [0.1, 0.15) is 29.6 Å². The van der Waals surface area contributed by atoms with Gasteiger partial charge in [-0.2, -0.15) is 0 Å². The second kappa shape index (κ2) is 6.10. The Bertz CT molecular complexity index is 465. The molecule has 0 saturated heterocycles. The van der Waals surface area contributed by atoms with Crippen molar-refractivity contribution in [2.45, 2.75) is 19.3 Å². The molecule has 1 aromatic rings. The predicted octanol–water partition coefficient (Wildman–Crippen LogP) is 2.07. The van der Waals surface area contributed by atoms with E-state index in [9.17, 15) is 13.6 Å². The summed E-state index contributed by atoms with van der Waals surface area (Å²) in [6, 6.07) is 2.87. The van der Waals surface area contributed by atoms with E-state index in [-0.39, 0.29) is 5.56 Å². The average molecular weight is 268 g/mol. The monoisotopic (exact) mass is 268 g/mol. The fourth-order valence-electron chi connectivity index (χ4n) is 2.68. The van der Waals surface area contributed by atoms with Crippen LogP contribution in [-0.2, 0) is 0 Å². The third-order valence-electron chi connectivity index (χ3n) is 3.82. The first-order chi connectivity index (χ1) is 9.11. The number of nitrogens with one attached hydrogen (secondary N) is 1. The van der Waals surface area contributed by atoms with Gasteiger partial charge in [-0.15, -0.1) is 0 Å². The molecule has 1 saturated carbocycles. The minimum atomic E-state index is -0.708. The number of rotatable bonds is 4. The van der Waals surface area contributed by atoms with Gasteiger partial charge in [0.05, 0.1) is 5.56 Å². The van der Waals surface area contributed by atoms with Gasteiger partial charge < -0.3 is 11.1 Å². The molecular weight excluding hydrogens is 250 g/mol. The second-order valence-corrected chi connectivity index (χ2v) is 5.02. The van der Waals surface area contributed by atoms with E-state index < -0.39 is 17.5 Å². The molecule has 1 amide bonds. The summed E-state index contributed by atoms with van der Waals surface area (Å²) in [6.45, 7) is 1.07. The molecule has 2 rings (SSSR count). The van der Waals surface area contributed by atoms with Gasteiger partial charge in [0.1, 0.15) is 11.6 Å². The van der Waals surface area contributed by atoms with Crippen LogP contribution in [-0.4, -0.2) is 19.0 Å². The number of benzene rings is 1. The number of nitrogens with two attached hydrogens (primary N) is 1. The summed E-state index contributed by atoms with van der Waals surface area (Å²) in [5.74, 6) is -1.14. The molecule has 0 heterocycles. The third kappa shape index (κ3) is 3.29. The quantitative estimate of drug-likeness (QED) is 0.878. The molecule has 3 N–H and O–H groups in total. The highest BCUT2D eigenvalue weighted by Gasteiger charge is 2.26. The summed E-state index contributed by atoms with van der Waals surface area (Å²) in [5, 5.41) is 2.67. The van der Waals surface area contributed by atoms with Crippen molar-refractivity contribution in [1.29, 1.82) is 0 Å².